The van der Waals surface area contributed by atoms with Gasteiger partial charge >= 0.3 is 0 Å². The van der Waals surface area contributed by atoms with Crippen molar-refractivity contribution in [1.29, 1.82) is 0 Å². The van der Waals surface area contributed by atoms with E-state index in [2.05, 4.69) is 10.1 Å². The molecule has 1 N–H and O–H groups in total. The Kier molecular flexibility index (Phi) is 0.887. The lowest BCUT2D eigenvalue weighted by Crippen LogP contribution is -1.89. The first-order valence-electron chi connectivity index (χ1n) is 2.85. The molecule has 0 fully saturated rings. The van der Waals surface area contributed by atoms with Crippen LogP contribution in [-0.4, -0.2) is 20.1 Å². The normalized spacial score (nSPS) is 10.4. The Hall–Kier alpha value is -1.58. The molecule has 0 unspecified atom stereocenters. The van der Waals surface area contributed by atoms with Gasteiger partial charge in [-0.3, -0.25) is 4.98 Å². The molecule has 4 nitrogen and oxygen atoms in total. The smallest absolute Gasteiger partial charge is 0.113 e. The lowest BCUT2D eigenvalue weighted by Gasteiger charge is -1.88. The number of rotatable bonds is 0. The van der Waals surface area contributed by atoms with Crippen LogP contribution in [0.5, 0.6) is 0 Å². The Morgan fingerprint density at radius 3 is 3.10 bits per heavy atom. The van der Waals surface area contributed by atoms with E-state index in [1.54, 1.807) is 24.7 Å². The fourth-order valence-corrected chi connectivity index (χ4v) is 0.860. The largest absolute Gasteiger partial charge is 0.411 e. The van der Waals surface area contributed by atoms with Crippen LogP contribution >= 0.6 is 0 Å². The summed E-state index contributed by atoms with van der Waals surface area (Å²) < 4.78 is 0. The van der Waals surface area contributed by atoms with E-state index in [0.29, 0.717) is 5.52 Å². The topological polar surface area (TPSA) is 50.9 Å². The summed E-state index contributed by atoms with van der Waals surface area (Å²) in [5.41, 5.74) is 0.676. The molecule has 0 aliphatic heterocycles. The standard InChI is InChI=1S/C6H5N3O/c10-9-6-1-2-7-3-5(6)4-8-9/h1-4,10H. The summed E-state index contributed by atoms with van der Waals surface area (Å²) in [5, 5.41) is 13.5. The van der Waals surface area contributed by atoms with Gasteiger partial charge in [-0.05, 0) is 6.07 Å². The van der Waals surface area contributed by atoms with Gasteiger partial charge in [0.2, 0.25) is 0 Å². The molecule has 0 spiro atoms. The van der Waals surface area contributed by atoms with Gasteiger partial charge in [0.25, 0.3) is 0 Å². The third-order valence-corrected chi connectivity index (χ3v) is 1.35. The van der Waals surface area contributed by atoms with Crippen LogP contribution in [0.25, 0.3) is 10.9 Å². The second-order valence-corrected chi connectivity index (χ2v) is 1.97. The van der Waals surface area contributed by atoms with Gasteiger partial charge < -0.3 is 5.21 Å². The molecule has 0 amide bonds. The summed E-state index contributed by atoms with van der Waals surface area (Å²) in [6.45, 7) is 0. The highest BCUT2D eigenvalue weighted by molar-refractivity contribution is 5.76. The van der Waals surface area contributed by atoms with Gasteiger partial charge in [-0.2, -0.15) is 0 Å². The van der Waals surface area contributed by atoms with Gasteiger partial charge in [0.1, 0.15) is 5.52 Å². The zero-order chi connectivity index (χ0) is 6.97. The van der Waals surface area contributed by atoms with Crippen molar-refractivity contribution in [2.75, 3.05) is 0 Å². The number of aromatic nitrogens is 3. The zero-order valence-electron chi connectivity index (χ0n) is 5.10. The second kappa shape index (κ2) is 1.70. The summed E-state index contributed by atoms with van der Waals surface area (Å²) in [4.78, 5) is 4.69. The van der Waals surface area contributed by atoms with Crippen LogP contribution in [0.3, 0.4) is 0 Å². The molecule has 0 atom stereocenters. The Morgan fingerprint density at radius 1 is 1.40 bits per heavy atom. The predicted octanol–water partition coefficient (Wildman–Crippen LogP) is 0.669. The van der Waals surface area contributed by atoms with Crippen molar-refractivity contribution in [3.8, 4) is 0 Å². The van der Waals surface area contributed by atoms with Crippen molar-refractivity contribution in [3.63, 3.8) is 0 Å². The van der Waals surface area contributed by atoms with Crippen LogP contribution in [-0.2, 0) is 0 Å². The average molecular weight is 135 g/mol. The van der Waals surface area contributed by atoms with Crippen LogP contribution in [0.15, 0.2) is 24.7 Å². The highest BCUT2D eigenvalue weighted by Crippen LogP contribution is 2.07. The SMILES string of the molecule is On1ncc2cnccc21. The molecule has 2 aromatic rings. The maximum absolute atomic E-state index is 8.99. The first-order valence-corrected chi connectivity index (χ1v) is 2.85. The van der Waals surface area contributed by atoms with Crippen LogP contribution in [0.2, 0.25) is 0 Å². The van der Waals surface area contributed by atoms with E-state index in [1.165, 1.54) is 0 Å². The lowest BCUT2D eigenvalue weighted by atomic mass is 10.3. The number of hydrogen-bond acceptors (Lipinski definition) is 3. The minimum absolute atomic E-state index is 0.676. The van der Waals surface area contributed by atoms with E-state index in [4.69, 9.17) is 5.21 Å². The third kappa shape index (κ3) is 0.556. The van der Waals surface area contributed by atoms with E-state index >= 15 is 0 Å². The first kappa shape index (κ1) is 5.22. The van der Waals surface area contributed by atoms with Gasteiger partial charge in [-0.25, -0.2) is 0 Å². The maximum Gasteiger partial charge on any atom is 0.113 e. The molecular formula is C6H5N3O. The summed E-state index contributed by atoms with van der Waals surface area (Å²) in [6, 6.07) is 1.70. The molecular weight excluding hydrogens is 130 g/mol. The molecule has 0 saturated carbocycles. The van der Waals surface area contributed by atoms with Crippen molar-refractivity contribution in [2.24, 2.45) is 0 Å². The van der Waals surface area contributed by atoms with Gasteiger partial charge in [0.15, 0.2) is 0 Å². The lowest BCUT2D eigenvalue weighted by molar-refractivity contribution is 0.161. The molecule has 10 heavy (non-hydrogen) atoms. The Morgan fingerprint density at radius 2 is 2.30 bits per heavy atom. The number of pyridine rings is 1. The predicted molar refractivity (Wildman–Crippen MR) is 34.7 cm³/mol. The molecule has 0 bridgehead atoms. The molecule has 0 radical (unpaired) electrons. The van der Waals surface area contributed by atoms with Crippen LogP contribution < -0.4 is 0 Å². The van der Waals surface area contributed by atoms with E-state index in [1.807, 2.05) is 0 Å². The molecule has 2 heterocycles. The first-order chi connectivity index (χ1) is 4.88. The molecule has 0 saturated heterocycles. The van der Waals surface area contributed by atoms with E-state index in [0.717, 1.165) is 10.2 Å². The quantitative estimate of drug-likeness (QED) is 0.540. The third-order valence-electron chi connectivity index (χ3n) is 1.35. The maximum atomic E-state index is 8.99. The molecule has 0 aliphatic rings. The Bertz CT molecular complexity index is 355. The number of nitrogens with zero attached hydrogens (tertiary/aromatic N) is 3. The minimum atomic E-state index is 0.676. The van der Waals surface area contributed by atoms with Gasteiger partial charge in [0.05, 0.1) is 6.20 Å². The van der Waals surface area contributed by atoms with Crippen LogP contribution in [0, 0.1) is 0 Å². The van der Waals surface area contributed by atoms with Crippen molar-refractivity contribution in [2.45, 2.75) is 0 Å². The van der Waals surface area contributed by atoms with Gasteiger partial charge in [-0.1, -0.05) is 0 Å². The molecule has 4 heteroatoms. The number of fused-ring (bicyclic) bond motifs is 1. The molecule has 2 rings (SSSR count). The van der Waals surface area contributed by atoms with E-state index < -0.39 is 0 Å². The van der Waals surface area contributed by atoms with Crippen molar-refractivity contribution in [1.82, 2.24) is 14.9 Å². The molecule has 0 aromatic carbocycles. The second-order valence-electron chi connectivity index (χ2n) is 1.97. The van der Waals surface area contributed by atoms with Gasteiger partial charge in [0, 0.05) is 17.8 Å². The molecule has 2 aromatic heterocycles. The summed E-state index contributed by atoms with van der Waals surface area (Å²) in [6.07, 6.45) is 4.81. The van der Waals surface area contributed by atoms with Gasteiger partial charge in [-0.15, -0.1) is 9.94 Å². The fourth-order valence-electron chi connectivity index (χ4n) is 0.860. The van der Waals surface area contributed by atoms with E-state index in [-0.39, 0.29) is 0 Å². The van der Waals surface area contributed by atoms with Crippen LogP contribution in [0.1, 0.15) is 0 Å². The van der Waals surface area contributed by atoms with E-state index in [9.17, 15) is 0 Å². The monoisotopic (exact) mass is 135 g/mol. The minimum Gasteiger partial charge on any atom is -0.411 e. The Balaban J connectivity index is 2.93. The number of hydrogen-bond donors (Lipinski definition) is 1. The summed E-state index contributed by atoms with van der Waals surface area (Å²) >= 11 is 0. The Labute approximate surface area is 56.7 Å². The van der Waals surface area contributed by atoms with Crippen molar-refractivity contribution >= 4 is 10.9 Å². The highest BCUT2D eigenvalue weighted by Gasteiger charge is 1.97. The average Bonchev–Trinajstić information content (AvgIpc) is 2.34. The summed E-state index contributed by atoms with van der Waals surface area (Å²) in [7, 11) is 0. The molecule has 50 valence electrons. The van der Waals surface area contributed by atoms with Crippen molar-refractivity contribution < 1.29 is 5.21 Å². The highest BCUT2D eigenvalue weighted by atomic mass is 16.5. The fraction of sp³-hybridized carbons (Fsp3) is 0. The van der Waals surface area contributed by atoms with Crippen LogP contribution in [0.4, 0.5) is 0 Å². The summed E-state index contributed by atoms with van der Waals surface area (Å²) in [5.74, 6) is 0. The zero-order valence-corrected chi connectivity index (χ0v) is 5.10. The molecule has 0 aliphatic carbocycles. The van der Waals surface area contributed by atoms with Crippen molar-refractivity contribution in [3.05, 3.63) is 24.7 Å².